The molecule has 0 atom stereocenters. The molecule has 0 radical (unpaired) electrons. The minimum atomic E-state index is -0.353. The number of carbonyl (C=O) groups is 1. The summed E-state index contributed by atoms with van der Waals surface area (Å²) in [6, 6.07) is 6.66. The van der Waals surface area contributed by atoms with E-state index in [4.69, 9.17) is 11.6 Å². The zero-order chi connectivity index (χ0) is 13.8. The Kier molecular flexibility index (Phi) is 4.52. The summed E-state index contributed by atoms with van der Waals surface area (Å²) >= 11 is 9.27. The molecule has 0 aliphatic heterocycles. The Morgan fingerprint density at radius 2 is 2.21 bits per heavy atom. The quantitative estimate of drug-likeness (QED) is 0.901. The number of nitrogens with zero attached hydrogens (tertiary/aromatic N) is 1. The highest BCUT2D eigenvalue weighted by atomic mass is 79.9. The van der Waals surface area contributed by atoms with Crippen LogP contribution in [0.4, 0.5) is 5.69 Å². The van der Waals surface area contributed by atoms with Crippen LogP contribution in [0.5, 0.6) is 0 Å². The number of anilines is 1. The van der Waals surface area contributed by atoms with Crippen LogP contribution in [0.2, 0.25) is 5.02 Å². The average molecular weight is 342 g/mol. The topological polar surface area (TPSA) is 62.2 Å². The summed E-state index contributed by atoms with van der Waals surface area (Å²) in [5.74, 6) is -0.353. The first-order valence-corrected chi connectivity index (χ1v) is 6.59. The van der Waals surface area contributed by atoms with Crippen LogP contribution in [0.3, 0.4) is 0 Å². The van der Waals surface area contributed by atoms with E-state index in [-0.39, 0.29) is 12.5 Å². The zero-order valence-electron chi connectivity index (χ0n) is 9.73. The summed E-state index contributed by atoms with van der Waals surface area (Å²) in [6.07, 6.45) is 3.03. The van der Waals surface area contributed by atoms with Crippen LogP contribution < -0.4 is 5.32 Å². The van der Waals surface area contributed by atoms with Crippen molar-refractivity contribution in [3.63, 3.8) is 0 Å². The number of hydrogen-bond donors (Lipinski definition) is 2. The number of aromatic nitrogens is 1. The van der Waals surface area contributed by atoms with E-state index >= 15 is 0 Å². The standard InChI is InChI=1S/C13H10BrClN2O2/c14-9-1-2-11(15)10(5-9)13(19)17-12-6-16-4-3-8(12)7-18/h1-6,18H,7H2,(H,17,19). The predicted molar refractivity (Wildman–Crippen MR) is 77.3 cm³/mol. The van der Waals surface area contributed by atoms with E-state index in [2.05, 4.69) is 26.2 Å². The normalized spacial score (nSPS) is 10.3. The average Bonchev–Trinajstić information content (AvgIpc) is 2.42. The van der Waals surface area contributed by atoms with Crippen LogP contribution in [0, 0.1) is 0 Å². The fraction of sp³-hybridized carbons (Fsp3) is 0.0769. The second-order valence-corrected chi connectivity index (χ2v) is 5.09. The van der Waals surface area contributed by atoms with Gasteiger partial charge in [0.2, 0.25) is 0 Å². The van der Waals surface area contributed by atoms with E-state index in [0.29, 0.717) is 21.8 Å². The van der Waals surface area contributed by atoms with Gasteiger partial charge in [-0.3, -0.25) is 9.78 Å². The maximum Gasteiger partial charge on any atom is 0.257 e. The van der Waals surface area contributed by atoms with Gasteiger partial charge in [0.15, 0.2) is 0 Å². The van der Waals surface area contributed by atoms with Crippen molar-refractivity contribution in [2.24, 2.45) is 0 Å². The monoisotopic (exact) mass is 340 g/mol. The minimum absolute atomic E-state index is 0.176. The Labute approximate surface area is 123 Å². The maximum absolute atomic E-state index is 12.1. The summed E-state index contributed by atoms with van der Waals surface area (Å²) < 4.78 is 0.760. The Morgan fingerprint density at radius 1 is 1.42 bits per heavy atom. The third kappa shape index (κ3) is 3.32. The molecular formula is C13H10BrClN2O2. The molecule has 0 fully saturated rings. The van der Waals surface area contributed by atoms with Gasteiger partial charge in [-0.15, -0.1) is 0 Å². The number of benzene rings is 1. The van der Waals surface area contributed by atoms with E-state index in [9.17, 15) is 9.90 Å². The first-order chi connectivity index (χ1) is 9.11. The lowest BCUT2D eigenvalue weighted by molar-refractivity contribution is 0.102. The molecule has 0 unspecified atom stereocenters. The van der Waals surface area contributed by atoms with Gasteiger partial charge in [0.25, 0.3) is 5.91 Å². The number of halogens is 2. The van der Waals surface area contributed by atoms with Crippen molar-refractivity contribution in [1.82, 2.24) is 4.98 Å². The fourth-order valence-corrected chi connectivity index (χ4v) is 2.10. The van der Waals surface area contributed by atoms with Gasteiger partial charge in [-0.05, 0) is 24.3 Å². The number of carbonyl (C=O) groups excluding carboxylic acids is 1. The third-order valence-corrected chi connectivity index (χ3v) is 3.33. The maximum atomic E-state index is 12.1. The Morgan fingerprint density at radius 3 is 2.95 bits per heavy atom. The van der Waals surface area contributed by atoms with Crippen LogP contribution >= 0.6 is 27.5 Å². The van der Waals surface area contributed by atoms with Crippen molar-refractivity contribution in [3.05, 3.63) is 57.3 Å². The number of hydrogen-bond acceptors (Lipinski definition) is 3. The molecule has 1 amide bonds. The van der Waals surface area contributed by atoms with E-state index in [1.165, 1.54) is 6.20 Å². The Hall–Kier alpha value is -1.43. The molecule has 0 saturated carbocycles. The van der Waals surface area contributed by atoms with Crippen LogP contribution in [-0.4, -0.2) is 16.0 Å². The van der Waals surface area contributed by atoms with Crippen molar-refractivity contribution in [3.8, 4) is 0 Å². The molecule has 1 aromatic heterocycles. The Balaban J connectivity index is 2.28. The van der Waals surface area contributed by atoms with Gasteiger partial charge in [0.1, 0.15) is 0 Å². The van der Waals surface area contributed by atoms with E-state index < -0.39 is 0 Å². The van der Waals surface area contributed by atoms with Crippen molar-refractivity contribution < 1.29 is 9.90 Å². The summed E-state index contributed by atoms with van der Waals surface area (Å²) in [5.41, 5.74) is 1.41. The highest BCUT2D eigenvalue weighted by Crippen LogP contribution is 2.23. The SMILES string of the molecule is O=C(Nc1cnccc1CO)c1cc(Br)ccc1Cl. The van der Waals surface area contributed by atoms with Gasteiger partial charge in [-0.25, -0.2) is 0 Å². The fourth-order valence-electron chi connectivity index (χ4n) is 1.53. The van der Waals surface area contributed by atoms with Gasteiger partial charge < -0.3 is 10.4 Å². The molecule has 0 aliphatic carbocycles. The van der Waals surface area contributed by atoms with Gasteiger partial charge >= 0.3 is 0 Å². The van der Waals surface area contributed by atoms with Crippen LogP contribution in [0.25, 0.3) is 0 Å². The molecule has 98 valence electrons. The summed E-state index contributed by atoms with van der Waals surface area (Å²) in [6.45, 7) is -0.176. The smallest absolute Gasteiger partial charge is 0.257 e. The number of pyridine rings is 1. The van der Waals surface area contributed by atoms with Gasteiger partial charge in [0.05, 0.1) is 29.1 Å². The highest BCUT2D eigenvalue weighted by molar-refractivity contribution is 9.10. The second-order valence-electron chi connectivity index (χ2n) is 3.77. The van der Waals surface area contributed by atoms with Gasteiger partial charge in [0, 0.05) is 16.2 Å². The first-order valence-electron chi connectivity index (χ1n) is 5.42. The lowest BCUT2D eigenvalue weighted by Gasteiger charge is -2.09. The number of nitrogens with one attached hydrogen (secondary N) is 1. The molecule has 0 bridgehead atoms. The van der Waals surface area contributed by atoms with E-state index in [1.807, 2.05) is 0 Å². The van der Waals surface area contributed by atoms with Crippen molar-refractivity contribution in [2.75, 3.05) is 5.32 Å². The molecular weight excluding hydrogens is 332 g/mol. The molecule has 4 nitrogen and oxygen atoms in total. The lowest BCUT2D eigenvalue weighted by Crippen LogP contribution is -2.14. The number of aliphatic hydroxyl groups is 1. The summed E-state index contributed by atoms with van der Waals surface area (Å²) in [7, 11) is 0. The predicted octanol–water partition coefficient (Wildman–Crippen LogP) is 3.24. The van der Waals surface area contributed by atoms with Gasteiger partial charge in [-0.2, -0.15) is 0 Å². The van der Waals surface area contributed by atoms with Crippen LogP contribution in [0.1, 0.15) is 15.9 Å². The van der Waals surface area contributed by atoms with Crippen LogP contribution in [0.15, 0.2) is 41.1 Å². The van der Waals surface area contributed by atoms with Crippen molar-refractivity contribution >= 4 is 39.1 Å². The molecule has 6 heteroatoms. The number of amides is 1. The number of rotatable bonds is 3. The minimum Gasteiger partial charge on any atom is -0.392 e. The zero-order valence-corrected chi connectivity index (χ0v) is 12.1. The van der Waals surface area contributed by atoms with Crippen molar-refractivity contribution in [1.29, 1.82) is 0 Å². The van der Waals surface area contributed by atoms with Crippen molar-refractivity contribution in [2.45, 2.75) is 6.61 Å². The Bertz CT molecular complexity index is 619. The first kappa shape index (κ1) is 14.0. The third-order valence-electron chi connectivity index (χ3n) is 2.50. The largest absolute Gasteiger partial charge is 0.392 e. The van der Waals surface area contributed by atoms with E-state index in [0.717, 1.165) is 4.47 Å². The van der Waals surface area contributed by atoms with Gasteiger partial charge in [-0.1, -0.05) is 27.5 Å². The van der Waals surface area contributed by atoms with Crippen LogP contribution in [-0.2, 0) is 6.61 Å². The molecule has 0 spiro atoms. The molecule has 0 saturated heterocycles. The number of aliphatic hydroxyl groups excluding tert-OH is 1. The second kappa shape index (κ2) is 6.14. The lowest BCUT2D eigenvalue weighted by atomic mass is 10.2. The molecule has 2 N–H and O–H groups in total. The molecule has 0 aliphatic rings. The molecule has 1 heterocycles. The molecule has 2 aromatic rings. The summed E-state index contributed by atoms with van der Waals surface area (Å²) in [4.78, 5) is 16.0. The highest BCUT2D eigenvalue weighted by Gasteiger charge is 2.12. The molecule has 19 heavy (non-hydrogen) atoms. The molecule has 2 rings (SSSR count). The van der Waals surface area contributed by atoms with E-state index in [1.54, 1.807) is 30.5 Å². The summed E-state index contributed by atoms with van der Waals surface area (Å²) in [5, 5.41) is 12.2. The molecule has 1 aromatic carbocycles.